The Morgan fingerprint density at radius 3 is 2.48 bits per heavy atom. The molecular formula is C44H41N2O5S+. The van der Waals surface area contributed by atoms with Crippen molar-refractivity contribution in [1.29, 1.82) is 0 Å². The van der Waals surface area contributed by atoms with Crippen molar-refractivity contribution in [3.8, 4) is 16.9 Å². The van der Waals surface area contributed by atoms with Gasteiger partial charge in [0.15, 0.2) is 12.3 Å². The molecule has 2 N–H and O–H groups in total. The third-order valence-electron chi connectivity index (χ3n) is 10.4. The Balaban J connectivity index is 1.11. The zero-order valence-electron chi connectivity index (χ0n) is 29.0. The predicted molar refractivity (Wildman–Crippen MR) is 207 cm³/mol. The lowest BCUT2D eigenvalue weighted by Gasteiger charge is -2.28. The molecule has 4 aromatic carbocycles. The standard InChI is InChI=1S/C44H40N2O5S/c47-42(48)12-6-22-45-38-28-34(31-8-2-1-3-9-31)19-21-39(38)51-40(45)26-29-14-16-32-17-15-30(25-35(32)24-29)27-41-46(23-7-13-43(49)50)37-20-18-33-10-4-5-11-36(33)44(37)52-41/h1-5,8-11,18-21,24-28,32H,6-7,12-17,22-23H2,(H-,47,48,49,50)/p+1. The van der Waals surface area contributed by atoms with E-state index >= 15 is 0 Å². The molecule has 1 aliphatic heterocycles. The number of hydrogen-bond donors (Lipinski definition) is 2. The van der Waals surface area contributed by atoms with E-state index in [2.05, 4.69) is 94.4 Å². The van der Waals surface area contributed by atoms with Crippen LogP contribution in [-0.4, -0.2) is 28.7 Å². The molecule has 5 aromatic rings. The first-order chi connectivity index (χ1) is 25.4. The van der Waals surface area contributed by atoms with Gasteiger partial charge in [-0.05, 0) is 89.5 Å². The number of carbonyl (C=O) groups is 2. The quantitative estimate of drug-likeness (QED) is 0.133. The Kier molecular flexibility index (Phi) is 9.48. The van der Waals surface area contributed by atoms with Crippen LogP contribution >= 0.6 is 11.3 Å². The molecule has 8 heteroatoms. The third-order valence-corrected chi connectivity index (χ3v) is 11.5. The number of allylic oxidation sites excluding steroid dienone is 6. The fourth-order valence-electron chi connectivity index (χ4n) is 7.75. The van der Waals surface area contributed by atoms with Crippen molar-refractivity contribution < 1.29 is 29.1 Å². The molecule has 2 aliphatic carbocycles. The van der Waals surface area contributed by atoms with Crippen LogP contribution in [0.2, 0.25) is 0 Å². The number of aryl methyl sites for hydroxylation is 1. The first kappa shape index (κ1) is 33.7. The highest BCUT2D eigenvalue weighted by Crippen LogP contribution is 2.44. The molecule has 0 saturated carbocycles. The highest BCUT2D eigenvalue weighted by Gasteiger charge is 2.29. The van der Waals surface area contributed by atoms with Gasteiger partial charge in [0, 0.05) is 43.0 Å². The summed E-state index contributed by atoms with van der Waals surface area (Å²) in [5.41, 5.74) is 8.14. The number of anilines is 1. The van der Waals surface area contributed by atoms with E-state index in [-0.39, 0.29) is 12.8 Å². The molecule has 0 fully saturated rings. The summed E-state index contributed by atoms with van der Waals surface area (Å²) in [5, 5.41) is 22.3. The smallest absolute Gasteiger partial charge is 0.303 e. The predicted octanol–water partition coefficient (Wildman–Crippen LogP) is 9.92. The number of hydrogen-bond acceptors (Lipinski definition) is 5. The Morgan fingerprint density at radius 2 is 1.63 bits per heavy atom. The SMILES string of the molecule is O=C(O)CCCN1C(=CC2=CC3=CC(=Cc4sc5c6ccccc6ccc5[n+]4CCCC(=O)O)CCC3CC2)Oc2ccc(-c3ccccc3)cc21. The number of benzene rings is 4. The molecule has 1 atom stereocenters. The van der Waals surface area contributed by atoms with Crippen molar-refractivity contribution in [2.45, 2.75) is 57.9 Å². The van der Waals surface area contributed by atoms with Crippen molar-refractivity contribution in [3.63, 3.8) is 0 Å². The maximum atomic E-state index is 11.4. The van der Waals surface area contributed by atoms with Gasteiger partial charge in [0.25, 0.3) is 5.01 Å². The van der Waals surface area contributed by atoms with Crippen LogP contribution in [0.5, 0.6) is 5.75 Å². The third kappa shape index (κ3) is 7.03. The van der Waals surface area contributed by atoms with Crippen LogP contribution in [0.4, 0.5) is 5.69 Å². The summed E-state index contributed by atoms with van der Waals surface area (Å²) in [7, 11) is 0. The van der Waals surface area contributed by atoms with Gasteiger partial charge in [-0.3, -0.25) is 9.59 Å². The second-order valence-corrected chi connectivity index (χ2v) is 14.9. The van der Waals surface area contributed by atoms with E-state index in [9.17, 15) is 19.8 Å². The Morgan fingerprint density at radius 1 is 0.846 bits per heavy atom. The number of carboxylic acid groups (broad SMARTS) is 2. The van der Waals surface area contributed by atoms with Crippen molar-refractivity contribution in [2.75, 3.05) is 11.4 Å². The normalized spacial score (nSPS) is 18.3. The molecule has 1 aromatic heterocycles. The average Bonchev–Trinajstić information content (AvgIpc) is 3.68. The Bertz CT molecular complexity index is 2320. The molecule has 0 bridgehead atoms. The zero-order chi connectivity index (χ0) is 35.6. The minimum atomic E-state index is -0.798. The summed E-state index contributed by atoms with van der Waals surface area (Å²) in [6.45, 7) is 1.20. The second-order valence-electron chi connectivity index (χ2n) is 13.9. The Hall–Kier alpha value is -5.47. The second kappa shape index (κ2) is 14.6. The van der Waals surface area contributed by atoms with Crippen LogP contribution in [0, 0.1) is 5.92 Å². The van der Waals surface area contributed by atoms with Gasteiger partial charge in [-0.2, -0.15) is 4.57 Å². The lowest BCUT2D eigenvalue weighted by atomic mass is 9.77. The minimum Gasteiger partial charge on any atom is -0.481 e. The number of aliphatic carboxylic acids is 2. The lowest BCUT2D eigenvalue weighted by Crippen LogP contribution is -2.35. The molecule has 262 valence electrons. The fraction of sp³-hybridized carbons (Fsp3) is 0.250. The summed E-state index contributed by atoms with van der Waals surface area (Å²) in [6.07, 6.45) is 14.6. The van der Waals surface area contributed by atoms with E-state index in [0.717, 1.165) is 64.7 Å². The number of carboxylic acids is 2. The molecule has 0 amide bonds. The molecule has 8 rings (SSSR count). The van der Waals surface area contributed by atoms with Gasteiger partial charge >= 0.3 is 11.9 Å². The van der Waals surface area contributed by atoms with Crippen LogP contribution in [0.15, 0.2) is 126 Å². The molecule has 2 heterocycles. The maximum Gasteiger partial charge on any atom is 0.303 e. The number of fused-ring (bicyclic) bond motifs is 5. The molecule has 0 spiro atoms. The maximum absolute atomic E-state index is 11.4. The van der Waals surface area contributed by atoms with E-state index in [4.69, 9.17) is 4.74 Å². The van der Waals surface area contributed by atoms with E-state index in [1.54, 1.807) is 11.3 Å². The van der Waals surface area contributed by atoms with Crippen LogP contribution < -0.4 is 14.2 Å². The van der Waals surface area contributed by atoms with Gasteiger partial charge < -0.3 is 19.8 Å². The minimum absolute atomic E-state index is 0.0967. The first-order valence-electron chi connectivity index (χ1n) is 18.2. The van der Waals surface area contributed by atoms with Gasteiger partial charge in [0.2, 0.25) is 11.4 Å². The zero-order valence-corrected chi connectivity index (χ0v) is 29.8. The van der Waals surface area contributed by atoms with Gasteiger partial charge in [-0.15, -0.1) is 0 Å². The molecule has 0 saturated heterocycles. The molecule has 1 unspecified atom stereocenters. The number of thiazole rings is 1. The number of aromatic nitrogens is 1. The number of ether oxygens (including phenoxy) is 1. The van der Waals surface area contributed by atoms with Crippen LogP contribution in [0.3, 0.4) is 0 Å². The monoisotopic (exact) mass is 709 g/mol. The highest BCUT2D eigenvalue weighted by molar-refractivity contribution is 7.19. The average molecular weight is 710 g/mol. The Labute approximate surface area is 307 Å². The van der Waals surface area contributed by atoms with Crippen molar-refractivity contribution in [1.82, 2.24) is 0 Å². The molecule has 0 radical (unpaired) electrons. The van der Waals surface area contributed by atoms with E-state index < -0.39 is 11.9 Å². The number of rotatable bonds is 11. The molecular weight excluding hydrogens is 669 g/mol. The molecule has 7 nitrogen and oxygen atoms in total. The summed E-state index contributed by atoms with van der Waals surface area (Å²) in [6, 6.07) is 29.3. The van der Waals surface area contributed by atoms with Crippen LogP contribution in [0.25, 0.3) is 38.2 Å². The summed E-state index contributed by atoms with van der Waals surface area (Å²) >= 11 is 1.79. The van der Waals surface area contributed by atoms with Crippen LogP contribution in [-0.2, 0) is 16.1 Å². The first-order valence-corrected chi connectivity index (χ1v) is 19.0. The molecule has 3 aliphatic rings. The van der Waals surface area contributed by atoms with E-state index in [0.29, 0.717) is 31.8 Å². The summed E-state index contributed by atoms with van der Waals surface area (Å²) in [5.74, 6) is 0.464. The van der Waals surface area contributed by atoms with Gasteiger partial charge in [0.05, 0.1) is 12.1 Å². The summed E-state index contributed by atoms with van der Waals surface area (Å²) < 4.78 is 9.99. The van der Waals surface area contributed by atoms with Gasteiger partial charge in [0.1, 0.15) is 4.70 Å². The largest absolute Gasteiger partial charge is 0.481 e. The van der Waals surface area contributed by atoms with Crippen molar-refractivity contribution >= 4 is 56.0 Å². The van der Waals surface area contributed by atoms with Gasteiger partial charge in [-0.25, -0.2) is 0 Å². The van der Waals surface area contributed by atoms with E-state index in [1.165, 1.54) is 32.2 Å². The highest BCUT2D eigenvalue weighted by atomic mass is 32.1. The lowest BCUT2D eigenvalue weighted by molar-refractivity contribution is -0.669. The topological polar surface area (TPSA) is 91.0 Å². The van der Waals surface area contributed by atoms with Crippen molar-refractivity contribution in [3.05, 3.63) is 131 Å². The molecule has 52 heavy (non-hydrogen) atoms. The van der Waals surface area contributed by atoms with Crippen LogP contribution in [0.1, 0.15) is 56.4 Å². The number of nitrogens with zero attached hydrogens (tertiary/aromatic N) is 2. The fourth-order valence-corrected chi connectivity index (χ4v) is 9.05. The van der Waals surface area contributed by atoms with Crippen molar-refractivity contribution in [2.24, 2.45) is 5.92 Å². The summed E-state index contributed by atoms with van der Waals surface area (Å²) in [4.78, 5) is 24.9. The van der Waals surface area contributed by atoms with E-state index in [1.807, 2.05) is 24.3 Å². The van der Waals surface area contributed by atoms with Gasteiger partial charge in [-0.1, -0.05) is 84.2 Å².